The summed E-state index contributed by atoms with van der Waals surface area (Å²) in [7, 11) is -3.72. The highest BCUT2D eigenvalue weighted by Crippen LogP contribution is 2.46. The monoisotopic (exact) mass is 412 g/mol. The quantitative estimate of drug-likeness (QED) is 0.454. The van der Waals surface area contributed by atoms with Gasteiger partial charge in [-0.25, -0.2) is 0 Å². The fourth-order valence-electron chi connectivity index (χ4n) is 4.18. The summed E-state index contributed by atoms with van der Waals surface area (Å²) in [6.07, 6.45) is 4.53. The molecule has 3 nitrogen and oxygen atoms in total. The maximum Gasteiger partial charge on any atom is 0.358 e. The average Bonchev–Trinajstić information content (AvgIpc) is 2.66. The summed E-state index contributed by atoms with van der Waals surface area (Å²) in [5.41, 5.74) is 6.72. The third-order valence-corrected chi connectivity index (χ3v) is 7.77. The molecule has 0 spiro atoms. The van der Waals surface area contributed by atoms with E-state index in [1.54, 1.807) is 19.1 Å². The predicted molar refractivity (Wildman–Crippen MR) is 123 cm³/mol. The van der Waals surface area contributed by atoms with Gasteiger partial charge in [-0.05, 0) is 77.5 Å². The smallest absolute Gasteiger partial charge is 0.321 e. The molecule has 3 rings (SSSR count). The van der Waals surface area contributed by atoms with E-state index in [1.165, 1.54) is 35.1 Å². The minimum atomic E-state index is -3.72. The van der Waals surface area contributed by atoms with Gasteiger partial charge in [0.05, 0.1) is 11.9 Å². The van der Waals surface area contributed by atoms with Gasteiger partial charge in [0.2, 0.25) is 0 Å². The van der Waals surface area contributed by atoms with Crippen LogP contribution in [0.3, 0.4) is 0 Å². The van der Waals surface area contributed by atoms with E-state index in [4.69, 9.17) is 4.52 Å². The fourth-order valence-corrected chi connectivity index (χ4v) is 5.20. The molecule has 0 radical (unpaired) electrons. The molecule has 2 aromatic rings. The molecule has 0 aromatic heterocycles. The molecule has 29 heavy (non-hydrogen) atoms. The molecular formula is C25H33O3P. The highest BCUT2D eigenvalue weighted by molar-refractivity contribution is 7.61. The lowest BCUT2D eigenvalue weighted by molar-refractivity contribution is 0.284. The van der Waals surface area contributed by atoms with Gasteiger partial charge in [0.15, 0.2) is 0 Å². The van der Waals surface area contributed by atoms with Crippen LogP contribution in [0.25, 0.3) is 11.6 Å². The minimum absolute atomic E-state index is 0.185. The van der Waals surface area contributed by atoms with Crippen LogP contribution in [0.4, 0.5) is 0 Å². The van der Waals surface area contributed by atoms with Gasteiger partial charge in [-0.2, -0.15) is 0 Å². The molecule has 0 aliphatic heterocycles. The zero-order valence-corrected chi connectivity index (χ0v) is 19.3. The molecule has 0 heterocycles. The van der Waals surface area contributed by atoms with Gasteiger partial charge < -0.3 is 9.42 Å². The maximum atomic E-state index is 12.1. The topological polar surface area (TPSA) is 46.5 Å². The van der Waals surface area contributed by atoms with Crippen molar-refractivity contribution in [1.29, 1.82) is 0 Å². The second-order valence-corrected chi connectivity index (χ2v) is 11.2. The summed E-state index contributed by atoms with van der Waals surface area (Å²) in [6.45, 7) is 13.4. The van der Waals surface area contributed by atoms with Gasteiger partial charge in [-0.3, -0.25) is 4.57 Å². The fraction of sp³-hybridized carbons (Fsp3) is 0.440. The zero-order valence-electron chi connectivity index (χ0n) is 18.5. The highest BCUT2D eigenvalue weighted by Gasteiger charge is 2.36. The van der Waals surface area contributed by atoms with Crippen LogP contribution in [0.15, 0.2) is 42.5 Å². The molecule has 1 aliphatic carbocycles. The van der Waals surface area contributed by atoms with Gasteiger partial charge in [-0.15, -0.1) is 0 Å². The molecule has 1 aliphatic rings. The second-order valence-electron chi connectivity index (χ2n) is 9.39. The molecule has 156 valence electrons. The molecule has 0 saturated heterocycles. The van der Waals surface area contributed by atoms with Crippen LogP contribution >= 0.6 is 7.60 Å². The van der Waals surface area contributed by atoms with Crippen LogP contribution in [0.1, 0.15) is 76.6 Å². The van der Waals surface area contributed by atoms with Crippen LogP contribution in [-0.4, -0.2) is 11.5 Å². The lowest BCUT2D eigenvalue weighted by Crippen LogP contribution is -2.33. The Morgan fingerprint density at radius 3 is 2.21 bits per heavy atom. The van der Waals surface area contributed by atoms with E-state index in [1.807, 2.05) is 12.1 Å². The van der Waals surface area contributed by atoms with Crippen LogP contribution in [-0.2, 0) is 19.9 Å². The van der Waals surface area contributed by atoms with Crippen LogP contribution < -0.4 is 5.30 Å². The van der Waals surface area contributed by atoms with E-state index in [-0.39, 0.29) is 17.4 Å². The Morgan fingerprint density at radius 1 is 1.03 bits per heavy atom. The van der Waals surface area contributed by atoms with Gasteiger partial charge in [0.25, 0.3) is 0 Å². The van der Waals surface area contributed by atoms with Crippen molar-refractivity contribution in [2.45, 2.75) is 65.2 Å². The Hall–Kier alpha value is -1.67. The standard InChI is InChI=1S/C25H33O3P/c1-7-28-29(26,27)21-11-8-19(9-12-21)16-18(2)20-10-13-22-23(17-20)25(5,6)15-14-24(22,3)4/h8-13,16-17H,7,14-15H2,1-6H3,(H,26,27). The highest BCUT2D eigenvalue weighted by atomic mass is 31.2. The summed E-state index contributed by atoms with van der Waals surface area (Å²) in [5.74, 6) is 0. The lowest BCUT2D eigenvalue weighted by Gasteiger charge is -2.42. The second kappa shape index (κ2) is 7.87. The molecule has 0 fully saturated rings. The molecular weight excluding hydrogens is 379 g/mol. The first-order valence-corrected chi connectivity index (χ1v) is 12.0. The number of hydrogen-bond donors (Lipinski definition) is 1. The van der Waals surface area contributed by atoms with E-state index < -0.39 is 7.60 Å². The van der Waals surface area contributed by atoms with Gasteiger partial charge >= 0.3 is 7.60 Å². The average molecular weight is 413 g/mol. The van der Waals surface area contributed by atoms with Crippen molar-refractivity contribution in [1.82, 2.24) is 0 Å². The summed E-state index contributed by atoms with van der Waals surface area (Å²) >= 11 is 0. The van der Waals surface area contributed by atoms with Crippen molar-refractivity contribution in [3.63, 3.8) is 0 Å². The Balaban J connectivity index is 1.92. The molecule has 0 bridgehead atoms. The van der Waals surface area contributed by atoms with Gasteiger partial charge in [0, 0.05) is 0 Å². The molecule has 4 heteroatoms. The normalized spacial score (nSPS) is 20.0. The molecule has 2 aromatic carbocycles. The Morgan fingerprint density at radius 2 is 1.62 bits per heavy atom. The first kappa shape index (κ1) is 22.0. The van der Waals surface area contributed by atoms with Gasteiger partial charge in [-0.1, -0.05) is 64.1 Å². The third-order valence-electron chi connectivity index (χ3n) is 6.21. The van der Waals surface area contributed by atoms with Crippen LogP contribution in [0, 0.1) is 0 Å². The van der Waals surface area contributed by atoms with Crippen molar-refractivity contribution in [2.24, 2.45) is 0 Å². The Kier molecular flexibility index (Phi) is 5.98. The van der Waals surface area contributed by atoms with Crippen molar-refractivity contribution < 1.29 is 14.0 Å². The first-order chi connectivity index (χ1) is 13.5. The van der Waals surface area contributed by atoms with Crippen molar-refractivity contribution in [3.05, 3.63) is 64.7 Å². The molecule has 0 amide bonds. The maximum absolute atomic E-state index is 12.1. The minimum Gasteiger partial charge on any atom is -0.321 e. The number of fused-ring (bicyclic) bond motifs is 1. The predicted octanol–water partition coefficient (Wildman–Crippen LogP) is 6.44. The van der Waals surface area contributed by atoms with Crippen LogP contribution in [0.2, 0.25) is 0 Å². The molecule has 1 N–H and O–H groups in total. The summed E-state index contributed by atoms with van der Waals surface area (Å²) in [5, 5.41) is 0.326. The third kappa shape index (κ3) is 4.58. The number of allylic oxidation sites excluding steroid dienone is 1. The molecule has 1 atom stereocenters. The van der Waals surface area contributed by atoms with E-state index in [0.717, 1.165) is 5.56 Å². The Labute approximate surface area is 175 Å². The SMILES string of the molecule is CCOP(=O)(O)c1ccc(C=C(C)c2ccc3c(c2)C(C)(C)CCC3(C)C)cc1. The van der Waals surface area contributed by atoms with E-state index in [9.17, 15) is 9.46 Å². The van der Waals surface area contributed by atoms with E-state index >= 15 is 0 Å². The van der Waals surface area contributed by atoms with E-state index in [0.29, 0.717) is 5.30 Å². The van der Waals surface area contributed by atoms with Gasteiger partial charge in [0.1, 0.15) is 0 Å². The Bertz CT molecular complexity index is 968. The zero-order chi connectivity index (χ0) is 21.4. The number of hydrogen-bond acceptors (Lipinski definition) is 2. The van der Waals surface area contributed by atoms with Crippen molar-refractivity contribution in [2.75, 3.05) is 6.61 Å². The largest absolute Gasteiger partial charge is 0.358 e. The van der Waals surface area contributed by atoms with Crippen LogP contribution in [0.5, 0.6) is 0 Å². The summed E-state index contributed by atoms with van der Waals surface area (Å²) in [6, 6.07) is 14.0. The first-order valence-electron chi connectivity index (χ1n) is 10.4. The molecule has 0 saturated carbocycles. The van der Waals surface area contributed by atoms with E-state index in [2.05, 4.69) is 58.9 Å². The molecule has 1 unspecified atom stereocenters. The number of benzene rings is 2. The number of rotatable bonds is 5. The van der Waals surface area contributed by atoms with Crippen molar-refractivity contribution in [3.8, 4) is 0 Å². The lowest BCUT2D eigenvalue weighted by atomic mass is 9.63. The summed E-state index contributed by atoms with van der Waals surface area (Å²) in [4.78, 5) is 9.96. The van der Waals surface area contributed by atoms with Crippen molar-refractivity contribution >= 4 is 24.5 Å². The summed E-state index contributed by atoms with van der Waals surface area (Å²) < 4.78 is 17.1.